The summed E-state index contributed by atoms with van der Waals surface area (Å²) in [6, 6.07) is 8.83. The number of nitrogens with zero attached hydrogens (tertiary/aromatic N) is 1. The van der Waals surface area contributed by atoms with Crippen LogP contribution in [0.15, 0.2) is 42.7 Å². The Kier molecular flexibility index (Phi) is 4.05. The first-order chi connectivity index (χ1) is 8.92. The predicted octanol–water partition coefficient (Wildman–Crippen LogP) is 3.56. The molecule has 0 amide bonds. The van der Waals surface area contributed by atoms with Gasteiger partial charge in [-0.3, -0.25) is 0 Å². The minimum absolute atomic E-state index is 0.116. The third-order valence-electron chi connectivity index (χ3n) is 2.89. The molecule has 0 bridgehead atoms. The molecule has 1 aromatic carbocycles. The topological polar surface area (TPSA) is 17.0 Å². The standard InChI is InChI=1S/C16H21FN2/c1-16(2,3)18-10-14-7-8-19(12-14)11-13-5-4-6-15(17)9-13/h4-9,12,18H,10-11H2,1-3H3. The van der Waals surface area contributed by atoms with E-state index >= 15 is 0 Å². The van der Waals surface area contributed by atoms with Crippen LogP contribution in [-0.2, 0) is 13.1 Å². The first-order valence-electron chi connectivity index (χ1n) is 6.56. The van der Waals surface area contributed by atoms with Crippen molar-refractivity contribution in [2.45, 2.75) is 39.4 Å². The molecule has 1 N–H and O–H groups in total. The van der Waals surface area contributed by atoms with Crippen LogP contribution in [0, 0.1) is 5.82 Å². The van der Waals surface area contributed by atoms with Crippen LogP contribution in [0.25, 0.3) is 0 Å². The van der Waals surface area contributed by atoms with Crippen molar-refractivity contribution in [1.82, 2.24) is 9.88 Å². The molecule has 1 heterocycles. The Morgan fingerprint density at radius 1 is 1.16 bits per heavy atom. The fraction of sp³-hybridized carbons (Fsp3) is 0.375. The summed E-state index contributed by atoms with van der Waals surface area (Å²) in [5, 5.41) is 3.45. The van der Waals surface area contributed by atoms with Gasteiger partial charge in [0, 0.05) is 31.0 Å². The first kappa shape index (κ1) is 13.8. The number of benzene rings is 1. The Morgan fingerprint density at radius 2 is 1.95 bits per heavy atom. The maximum absolute atomic E-state index is 13.1. The average Bonchev–Trinajstić information content (AvgIpc) is 2.73. The van der Waals surface area contributed by atoms with Gasteiger partial charge in [-0.15, -0.1) is 0 Å². The molecule has 0 fully saturated rings. The Labute approximate surface area is 114 Å². The largest absolute Gasteiger partial charge is 0.350 e. The van der Waals surface area contributed by atoms with Crippen LogP contribution < -0.4 is 5.32 Å². The van der Waals surface area contributed by atoms with Gasteiger partial charge in [-0.1, -0.05) is 12.1 Å². The van der Waals surface area contributed by atoms with Crippen molar-refractivity contribution < 1.29 is 4.39 Å². The molecule has 0 aliphatic heterocycles. The number of nitrogens with one attached hydrogen (secondary N) is 1. The number of halogens is 1. The van der Waals surface area contributed by atoms with E-state index in [2.05, 4.69) is 42.9 Å². The summed E-state index contributed by atoms with van der Waals surface area (Å²) in [5.41, 5.74) is 2.34. The Balaban J connectivity index is 1.97. The van der Waals surface area contributed by atoms with Crippen LogP contribution in [0.2, 0.25) is 0 Å². The summed E-state index contributed by atoms with van der Waals surface area (Å²) in [4.78, 5) is 0. The van der Waals surface area contributed by atoms with Crippen molar-refractivity contribution in [3.63, 3.8) is 0 Å². The summed E-state index contributed by atoms with van der Waals surface area (Å²) in [5.74, 6) is -0.181. The highest BCUT2D eigenvalue weighted by Gasteiger charge is 2.08. The normalized spacial score (nSPS) is 11.8. The van der Waals surface area contributed by atoms with Crippen molar-refractivity contribution in [3.8, 4) is 0 Å². The van der Waals surface area contributed by atoms with Gasteiger partial charge in [0.25, 0.3) is 0 Å². The molecule has 2 rings (SSSR count). The second-order valence-electron chi connectivity index (χ2n) is 5.93. The van der Waals surface area contributed by atoms with E-state index < -0.39 is 0 Å². The average molecular weight is 260 g/mol. The van der Waals surface area contributed by atoms with E-state index in [9.17, 15) is 4.39 Å². The monoisotopic (exact) mass is 260 g/mol. The van der Waals surface area contributed by atoms with Gasteiger partial charge in [0.1, 0.15) is 5.82 Å². The van der Waals surface area contributed by atoms with Gasteiger partial charge >= 0.3 is 0 Å². The highest BCUT2D eigenvalue weighted by molar-refractivity contribution is 5.18. The molecule has 0 aliphatic rings. The molecule has 0 unspecified atom stereocenters. The maximum atomic E-state index is 13.1. The summed E-state index contributed by atoms with van der Waals surface area (Å²) in [6.45, 7) is 8.00. The molecule has 1 aromatic heterocycles. The van der Waals surface area contributed by atoms with Gasteiger partial charge < -0.3 is 9.88 Å². The van der Waals surface area contributed by atoms with Gasteiger partial charge in [-0.2, -0.15) is 0 Å². The van der Waals surface area contributed by atoms with Crippen molar-refractivity contribution in [3.05, 3.63) is 59.7 Å². The van der Waals surface area contributed by atoms with Gasteiger partial charge in [0.15, 0.2) is 0 Å². The third-order valence-corrected chi connectivity index (χ3v) is 2.89. The van der Waals surface area contributed by atoms with Crippen molar-refractivity contribution in [2.24, 2.45) is 0 Å². The third kappa shape index (κ3) is 4.52. The number of aromatic nitrogens is 1. The second kappa shape index (κ2) is 5.57. The van der Waals surface area contributed by atoms with Crippen LogP contribution in [-0.4, -0.2) is 10.1 Å². The lowest BCUT2D eigenvalue weighted by Gasteiger charge is -2.19. The molecule has 0 saturated carbocycles. The Morgan fingerprint density at radius 3 is 2.63 bits per heavy atom. The van der Waals surface area contributed by atoms with Crippen LogP contribution in [0.1, 0.15) is 31.9 Å². The molecule has 2 nitrogen and oxygen atoms in total. The van der Waals surface area contributed by atoms with E-state index in [0.717, 1.165) is 12.1 Å². The lowest BCUT2D eigenvalue weighted by atomic mass is 10.1. The highest BCUT2D eigenvalue weighted by Crippen LogP contribution is 2.09. The lowest BCUT2D eigenvalue weighted by molar-refractivity contribution is 0.424. The molecular formula is C16H21FN2. The van der Waals surface area contributed by atoms with Crippen molar-refractivity contribution in [1.29, 1.82) is 0 Å². The minimum Gasteiger partial charge on any atom is -0.350 e. The van der Waals surface area contributed by atoms with Gasteiger partial charge in [0.05, 0.1) is 0 Å². The van der Waals surface area contributed by atoms with Crippen LogP contribution in [0.5, 0.6) is 0 Å². The van der Waals surface area contributed by atoms with Crippen molar-refractivity contribution in [2.75, 3.05) is 0 Å². The van der Waals surface area contributed by atoms with Gasteiger partial charge in [-0.05, 0) is 50.1 Å². The van der Waals surface area contributed by atoms with Crippen LogP contribution >= 0.6 is 0 Å². The lowest BCUT2D eigenvalue weighted by Crippen LogP contribution is -2.34. The fourth-order valence-corrected chi connectivity index (χ4v) is 1.91. The summed E-state index contributed by atoms with van der Waals surface area (Å²) >= 11 is 0. The Hall–Kier alpha value is -1.61. The quantitative estimate of drug-likeness (QED) is 0.889. The molecule has 0 saturated heterocycles. The van der Waals surface area contributed by atoms with E-state index in [0.29, 0.717) is 6.54 Å². The molecule has 3 heteroatoms. The van der Waals surface area contributed by atoms with Crippen LogP contribution in [0.4, 0.5) is 4.39 Å². The van der Waals surface area contributed by atoms with E-state index in [4.69, 9.17) is 0 Å². The molecule has 0 radical (unpaired) electrons. The molecular weight excluding hydrogens is 239 g/mol. The van der Waals surface area contributed by atoms with E-state index in [1.807, 2.05) is 12.3 Å². The molecule has 2 aromatic rings. The minimum atomic E-state index is -0.181. The number of hydrogen-bond donors (Lipinski definition) is 1. The van der Waals surface area contributed by atoms with Gasteiger partial charge in [-0.25, -0.2) is 4.39 Å². The maximum Gasteiger partial charge on any atom is 0.123 e. The second-order valence-corrected chi connectivity index (χ2v) is 5.93. The molecule has 102 valence electrons. The van der Waals surface area contributed by atoms with Crippen LogP contribution in [0.3, 0.4) is 0 Å². The predicted molar refractivity (Wildman–Crippen MR) is 76.5 cm³/mol. The summed E-state index contributed by atoms with van der Waals surface area (Å²) in [6.07, 6.45) is 4.13. The molecule has 0 spiro atoms. The van der Waals surface area contributed by atoms with E-state index in [1.54, 1.807) is 12.1 Å². The van der Waals surface area contributed by atoms with E-state index in [-0.39, 0.29) is 11.4 Å². The molecule has 19 heavy (non-hydrogen) atoms. The zero-order chi connectivity index (χ0) is 13.9. The smallest absolute Gasteiger partial charge is 0.123 e. The zero-order valence-corrected chi connectivity index (χ0v) is 11.8. The highest BCUT2D eigenvalue weighted by atomic mass is 19.1. The van der Waals surface area contributed by atoms with Gasteiger partial charge in [0.2, 0.25) is 0 Å². The summed E-state index contributed by atoms with van der Waals surface area (Å²) in [7, 11) is 0. The fourth-order valence-electron chi connectivity index (χ4n) is 1.91. The summed E-state index contributed by atoms with van der Waals surface area (Å²) < 4.78 is 15.2. The van der Waals surface area contributed by atoms with E-state index in [1.165, 1.54) is 11.6 Å². The number of hydrogen-bond acceptors (Lipinski definition) is 1. The van der Waals surface area contributed by atoms with Crippen molar-refractivity contribution >= 4 is 0 Å². The zero-order valence-electron chi connectivity index (χ0n) is 11.8. The Bertz CT molecular complexity index is 538. The molecule has 0 atom stereocenters. The SMILES string of the molecule is CC(C)(C)NCc1ccn(Cc2cccc(F)c2)c1. The molecule has 0 aliphatic carbocycles. The number of rotatable bonds is 4. The first-order valence-corrected chi connectivity index (χ1v) is 6.56.